The van der Waals surface area contributed by atoms with Gasteiger partial charge in [-0.3, -0.25) is 9.59 Å². The quantitative estimate of drug-likeness (QED) is 0.666. The third-order valence-corrected chi connectivity index (χ3v) is 3.46. The Labute approximate surface area is 150 Å². The highest BCUT2D eigenvalue weighted by molar-refractivity contribution is 6.32. The third kappa shape index (κ3) is 5.81. The fraction of sp³-hybridized carbons (Fsp3) is 0.294. The van der Waals surface area contributed by atoms with Crippen LogP contribution < -0.4 is 15.4 Å². The minimum atomic E-state index is -0.371. The molecule has 0 spiro atoms. The van der Waals surface area contributed by atoms with E-state index in [1.54, 1.807) is 37.4 Å². The second-order valence-corrected chi connectivity index (χ2v) is 5.40. The summed E-state index contributed by atoms with van der Waals surface area (Å²) in [6.45, 7) is 0.880. The van der Waals surface area contributed by atoms with Gasteiger partial charge in [-0.05, 0) is 24.3 Å². The van der Waals surface area contributed by atoms with Gasteiger partial charge in [0, 0.05) is 20.1 Å². The molecule has 0 saturated carbocycles. The lowest BCUT2D eigenvalue weighted by atomic mass is 10.2. The lowest BCUT2D eigenvalue weighted by molar-refractivity contribution is -0.116. The number of amides is 2. The van der Waals surface area contributed by atoms with E-state index in [1.165, 1.54) is 6.26 Å². The average molecular weight is 367 g/mol. The van der Waals surface area contributed by atoms with E-state index in [-0.39, 0.29) is 30.5 Å². The smallest absolute Gasteiger partial charge is 0.286 e. The van der Waals surface area contributed by atoms with Gasteiger partial charge in [-0.25, -0.2) is 0 Å². The molecule has 0 radical (unpaired) electrons. The minimum absolute atomic E-state index is 0.0937. The van der Waals surface area contributed by atoms with Crippen LogP contribution in [0.2, 0.25) is 5.02 Å². The summed E-state index contributed by atoms with van der Waals surface area (Å²) < 4.78 is 15.4. The van der Waals surface area contributed by atoms with Crippen molar-refractivity contribution in [3.63, 3.8) is 0 Å². The van der Waals surface area contributed by atoms with Crippen LogP contribution in [-0.4, -0.2) is 38.7 Å². The number of halogens is 1. The summed E-state index contributed by atoms with van der Waals surface area (Å²) in [6, 6.07) is 8.23. The Kier molecular flexibility index (Phi) is 7.31. The number of para-hydroxylation sites is 1. The molecule has 25 heavy (non-hydrogen) atoms. The highest BCUT2D eigenvalue weighted by Crippen LogP contribution is 2.32. The van der Waals surface area contributed by atoms with Crippen molar-refractivity contribution in [2.45, 2.75) is 6.42 Å². The Morgan fingerprint density at radius 3 is 2.76 bits per heavy atom. The third-order valence-electron chi connectivity index (χ3n) is 3.16. The summed E-state index contributed by atoms with van der Waals surface area (Å²) in [4.78, 5) is 23.8. The molecule has 1 aromatic heterocycles. The monoisotopic (exact) mass is 366 g/mol. The van der Waals surface area contributed by atoms with Crippen molar-refractivity contribution in [3.05, 3.63) is 47.4 Å². The molecule has 1 aromatic carbocycles. The molecule has 134 valence electrons. The maximum Gasteiger partial charge on any atom is 0.286 e. The van der Waals surface area contributed by atoms with Crippen molar-refractivity contribution >= 4 is 29.1 Å². The standard InChI is InChI=1S/C17H19ClN2O5/c1-23-10-11-25-16-12(18)4-2-5-13(16)20-15(21)7-8-19-17(22)14-6-3-9-24-14/h2-6,9H,7-8,10-11H2,1H3,(H,19,22)(H,20,21). The van der Waals surface area contributed by atoms with Crippen LogP contribution in [0.4, 0.5) is 5.69 Å². The van der Waals surface area contributed by atoms with Gasteiger partial charge in [0.15, 0.2) is 11.5 Å². The van der Waals surface area contributed by atoms with E-state index in [4.69, 9.17) is 25.5 Å². The predicted molar refractivity (Wildman–Crippen MR) is 93.1 cm³/mol. The molecule has 0 aliphatic heterocycles. The number of ether oxygens (including phenoxy) is 2. The van der Waals surface area contributed by atoms with Crippen LogP contribution in [0.1, 0.15) is 17.0 Å². The number of hydrogen-bond acceptors (Lipinski definition) is 5. The molecule has 2 rings (SSSR count). The topological polar surface area (TPSA) is 89.8 Å². The molecule has 1 heterocycles. The van der Waals surface area contributed by atoms with Crippen molar-refractivity contribution in [1.29, 1.82) is 0 Å². The highest BCUT2D eigenvalue weighted by Gasteiger charge is 2.13. The number of rotatable bonds is 9. The first-order valence-electron chi connectivity index (χ1n) is 7.63. The van der Waals surface area contributed by atoms with E-state index in [0.29, 0.717) is 29.7 Å². The molecule has 2 amide bonds. The van der Waals surface area contributed by atoms with Gasteiger partial charge in [0.05, 0.1) is 23.6 Å². The SMILES string of the molecule is COCCOc1c(Cl)cccc1NC(=O)CCNC(=O)c1ccco1. The van der Waals surface area contributed by atoms with E-state index >= 15 is 0 Å². The van der Waals surface area contributed by atoms with Crippen LogP contribution in [0.5, 0.6) is 5.75 Å². The molecule has 0 aliphatic rings. The number of anilines is 1. The van der Waals surface area contributed by atoms with Crippen LogP contribution in [0.3, 0.4) is 0 Å². The Morgan fingerprint density at radius 1 is 1.20 bits per heavy atom. The van der Waals surface area contributed by atoms with Crippen molar-refractivity contribution < 1.29 is 23.5 Å². The molecule has 2 aromatic rings. The van der Waals surface area contributed by atoms with E-state index < -0.39 is 0 Å². The zero-order chi connectivity index (χ0) is 18.1. The lowest BCUT2D eigenvalue weighted by Gasteiger charge is -2.14. The second kappa shape index (κ2) is 9.71. The van der Waals surface area contributed by atoms with Crippen molar-refractivity contribution in [2.24, 2.45) is 0 Å². The van der Waals surface area contributed by atoms with Crippen LogP contribution in [0.15, 0.2) is 41.0 Å². The predicted octanol–water partition coefficient (Wildman–Crippen LogP) is 2.72. The molecular formula is C17H19ClN2O5. The first kappa shape index (κ1) is 18.8. The van der Waals surface area contributed by atoms with Crippen LogP contribution in [0, 0.1) is 0 Å². The first-order valence-corrected chi connectivity index (χ1v) is 8.01. The molecule has 0 fully saturated rings. The Bertz CT molecular complexity index is 703. The van der Waals surface area contributed by atoms with E-state index in [1.807, 2.05) is 0 Å². The zero-order valence-electron chi connectivity index (χ0n) is 13.7. The summed E-state index contributed by atoms with van der Waals surface area (Å²) in [5, 5.41) is 5.71. The molecule has 8 heteroatoms. The van der Waals surface area contributed by atoms with Gasteiger partial charge in [0.25, 0.3) is 5.91 Å². The largest absolute Gasteiger partial charge is 0.487 e. The van der Waals surface area contributed by atoms with Crippen molar-refractivity contribution in [3.8, 4) is 5.75 Å². The van der Waals surface area contributed by atoms with E-state index in [2.05, 4.69) is 10.6 Å². The first-order chi connectivity index (χ1) is 12.1. The highest BCUT2D eigenvalue weighted by atomic mass is 35.5. The van der Waals surface area contributed by atoms with Crippen LogP contribution in [-0.2, 0) is 9.53 Å². The summed E-state index contributed by atoms with van der Waals surface area (Å²) in [7, 11) is 1.57. The number of hydrogen-bond donors (Lipinski definition) is 2. The second-order valence-electron chi connectivity index (χ2n) is 4.99. The van der Waals surface area contributed by atoms with Gasteiger partial charge in [0.1, 0.15) is 6.61 Å². The summed E-state index contributed by atoms with van der Waals surface area (Å²) in [5.41, 5.74) is 0.464. The minimum Gasteiger partial charge on any atom is -0.487 e. The lowest BCUT2D eigenvalue weighted by Crippen LogP contribution is -2.27. The number of carbonyl (C=O) groups is 2. The normalized spacial score (nSPS) is 10.3. The van der Waals surface area contributed by atoms with Gasteiger partial charge in [-0.15, -0.1) is 0 Å². The van der Waals surface area contributed by atoms with Gasteiger partial charge in [0.2, 0.25) is 5.91 Å². The maximum atomic E-state index is 12.1. The zero-order valence-corrected chi connectivity index (χ0v) is 14.5. The fourth-order valence-corrected chi connectivity index (χ4v) is 2.21. The molecular weight excluding hydrogens is 348 g/mol. The van der Waals surface area contributed by atoms with Crippen molar-refractivity contribution in [2.75, 3.05) is 32.2 Å². The van der Waals surface area contributed by atoms with E-state index in [0.717, 1.165) is 0 Å². The number of carbonyl (C=O) groups excluding carboxylic acids is 2. The Hall–Kier alpha value is -2.51. The molecule has 0 atom stereocenters. The fourth-order valence-electron chi connectivity index (χ4n) is 1.98. The maximum absolute atomic E-state index is 12.1. The van der Waals surface area contributed by atoms with Crippen LogP contribution >= 0.6 is 11.6 Å². The van der Waals surface area contributed by atoms with Gasteiger partial charge < -0.3 is 24.5 Å². The molecule has 0 bridgehead atoms. The van der Waals surface area contributed by atoms with Crippen LogP contribution in [0.25, 0.3) is 0 Å². The number of furan rings is 1. The van der Waals surface area contributed by atoms with E-state index in [9.17, 15) is 9.59 Å². The summed E-state index contributed by atoms with van der Waals surface area (Å²) in [6.07, 6.45) is 1.50. The van der Waals surface area contributed by atoms with Gasteiger partial charge >= 0.3 is 0 Å². The summed E-state index contributed by atoms with van der Waals surface area (Å²) >= 11 is 6.11. The summed E-state index contributed by atoms with van der Waals surface area (Å²) in [5.74, 6) is -0.0685. The van der Waals surface area contributed by atoms with Gasteiger partial charge in [-0.1, -0.05) is 17.7 Å². The number of benzene rings is 1. The Morgan fingerprint density at radius 2 is 2.04 bits per heavy atom. The molecule has 7 nitrogen and oxygen atoms in total. The molecule has 0 unspecified atom stereocenters. The van der Waals surface area contributed by atoms with Crippen molar-refractivity contribution in [1.82, 2.24) is 5.32 Å². The number of nitrogens with one attached hydrogen (secondary N) is 2. The molecule has 0 saturated heterocycles. The number of methoxy groups -OCH3 is 1. The Balaban J connectivity index is 1.85. The average Bonchev–Trinajstić information content (AvgIpc) is 3.12. The molecule has 0 aliphatic carbocycles. The van der Waals surface area contributed by atoms with Gasteiger partial charge in [-0.2, -0.15) is 0 Å². The molecule has 2 N–H and O–H groups in total.